The Kier molecular flexibility index (Phi) is 6.94. The van der Waals surface area contributed by atoms with Gasteiger partial charge >= 0.3 is 0 Å². The Morgan fingerprint density at radius 1 is 1.03 bits per heavy atom. The van der Waals surface area contributed by atoms with E-state index in [1.165, 1.54) is 22.4 Å². The lowest BCUT2D eigenvalue weighted by molar-refractivity contribution is -0.118. The van der Waals surface area contributed by atoms with Gasteiger partial charge in [0.25, 0.3) is 0 Å². The quantitative estimate of drug-likeness (QED) is 0.439. The van der Waals surface area contributed by atoms with Crippen molar-refractivity contribution in [3.63, 3.8) is 0 Å². The summed E-state index contributed by atoms with van der Waals surface area (Å²) < 4.78 is 2.25. The highest BCUT2D eigenvalue weighted by molar-refractivity contribution is 7.99. The molecule has 0 fully saturated rings. The molecule has 1 aromatic heterocycles. The van der Waals surface area contributed by atoms with Gasteiger partial charge in [0.2, 0.25) is 5.91 Å². The van der Waals surface area contributed by atoms with Crippen molar-refractivity contribution < 1.29 is 4.79 Å². The fourth-order valence-corrected chi connectivity index (χ4v) is 4.24. The lowest BCUT2D eigenvalue weighted by atomic mass is 10.1. The minimum Gasteiger partial charge on any atom is -0.317 e. The zero-order chi connectivity index (χ0) is 20.8. The van der Waals surface area contributed by atoms with Crippen molar-refractivity contribution >= 4 is 23.9 Å². The summed E-state index contributed by atoms with van der Waals surface area (Å²) in [5, 5.41) is 4.17. The third-order valence-electron chi connectivity index (χ3n) is 4.87. The maximum absolute atomic E-state index is 12.0. The van der Waals surface area contributed by atoms with E-state index in [2.05, 4.69) is 79.2 Å². The monoisotopic (exact) mass is 405 g/mol. The average Bonchev–Trinajstić information content (AvgIpc) is 2.97. The van der Waals surface area contributed by atoms with E-state index in [0.717, 1.165) is 22.7 Å². The Hall–Kier alpha value is -2.79. The van der Waals surface area contributed by atoms with Crippen LogP contribution in [-0.2, 0) is 10.5 Å². The Balaban J connectivity index is 1.62. The van der Waals surface area contributed by atoms with Gasteiger partial charge in [0.15, 0.2) is 0 Å². The number of amides is 1. The number of carbonyl (C=O) groups is 1. The van der Waals surface area contributed by atoms with Crippen LogP contribution in [0.3, 0.4) is 0 Å². The molecule has 1 heterocycles. The van der Waals surface area contributed by atoms with Gasteiger partial charge in [-0.05, 0) is 50.5 Å². The molecule has 0 unspecified atom stereocenters. The zero-order valence-electron chi connectivity index (χ0n) is 17.4. The van der Waals surface area contributed by atoms with E-state index in [4.69, 9.17) is 0 Å². The second-order valence-electron chi connectivity index (χ2n) is 7.17. The number of hydrogen-bond donors (Lipinski definition) is 1. The molecule has 0 aliphatic rings. The first-order chi connectivity index (χ1) is 14.0. The van der Waals surface area contributed by atoms with E-state index < -0.39 is 0 Å². The van der Waals surface area contributed by atoms with Gasteiger partial charge in [-0.2, -0.15) is 5.10 Å². The molecule has 3 rings (SSSR count). The van der Waals surface area contributed by atoms with Crippen molar-refractivity contribution in [3.05, 3.63) is 88.2 Å². The number of carbonyl (C=O) groups excluding carboxylic acids is 1. The molecular formula is C24H27N3OS. The predicted molar refractivity (Wildman–Crippen MR) is 123 cm³/mol. The number of hydrazone groups is 1. The Morgan fingerprint density at radius 2 is 1.72 bits per heavy atom. The number of aryl methyl sites for hydroxylation is 3. The highest BCUT2D eigenvalue weighted by Gasteiger charge is 2.13. The number of para-hydroxylation sites is 1. The third kappa shape index (κ3) is 5.18. The summed E-state index contributed by atoms with van der Waals surface area (Å²) in [6.07, 6.45) is 1.73. The van der Waals surface area contributed by atoms with Crippen LogP contribution in [0, 0.1) is 27.7 Å². The highest BCUT2D eigenvalue weighted by Crippen LogP contribution is 2.25. The molecule has 0 saturated heterocycles. The van der Waals surface area contributed by atoms with Gasteiger partial charge in [-0.15, -0.1) is 11.8 Å². The zero-order valence-corrected chi connectivity index (χ0v) is 18.2. The smallest absolute Gasteiger partial charge is 0.250 e. The first-order valence-electron chi connectivity index (χ1n) is 9.66. The molecule has 3 aromatic rings. The van der Waals surface area contributed by atoms with Gasteiger partial charge < -0.3 is 4.57 Å². The summed E-state index contributed by atoms with van der Waals surface area (Å²) in [6, 6.07) is 18.6. The molecular weight excluding hydrogens is 378 g/mol. The summed E-state index contributed by atoms with van der Waals surface area (Å²) in [5.41, 5.74) is 10.8. The molecule has 0 aliphatic carbocycles. The first kappa shape index (κ1) is 20.9. The van der Waals surface area contributed by atoms with E-state index >= 15 is 0 Å². The second-order valence-corrected chi connectivity index (χ2v) is 8.16. The first-order valence-corrected chi connectivity index (χ1v) is 10.8. The molecule has 1 amide bonds. The summed E-state index contributed by atoms with van der Waals surface area (Å²) >= 11 is 1.58. The van der Waals surface area contributed by atoms with Crippen molar-refractivity contribution in [3.8, 4) is 5.69 Å². The van der Waals surface area contributed by atoms with Crippen LogP contribution in [0.15, 0.2) is 59.7 Å². The number of benzene rings is 2. The van der Waals surface area contributed by atoms with E-state index in [9.17, 15) is 4.79 Å². The maximum atomic E-state index is 12.0. The van der Waals surface area contributed by atoms with Crippen LogP contribution in [0.4, 0.5) is 0 Å². The summed E-state index contributed by atoms with van der Waals surface area (Å²) in [4.78, 5) is 12.0. The molecule has 2 aromatic carbocycles. The normalized spacial score (nSPS) is 11.2. The summed E-state index contributed by atoms with van der Waals surface area (Å²) in [7, 11) is 0. The highest BCUT2D eigenvalue weighted by atomic mass is 32.2. The molecule has 150 valence electrons. The molecule has 5 heteroatoms. The molecule has 0 atom stereocenters. The van der Waals surface area contributed by atoms with Crippen LogP contribution in [0.25, 0.3) is 5.69 Å². The van der Waals surface area contributed by atoms with Gasteiger partial charge in [0.1, 0.15) is 0 Å². The topological polar surface area (TPSA) is 46.4 Å². The average molecular weight is 406 g/mol. The van der Waals surface area contributed by atoms with Crippen molar-refractivity contribution in [2.75, 3.05) is 5.75 Å². The number of thioether (sulfide) groups is 1. The minimum absolute atomic E-state index is 0.0919. The summed E-state index contributed by atoms with van der Waals surface area (Å²) in [5.74, 6) is 1.11. The molecule has 29 heavy (non-hydrogen) atoms. The van der Waals surface area contributed by atoms with Crippen molar-refractivity contribution in [1.82, 2.24) is 9.99 Å². The van der Waals surface area contributed by atoms with E-state index in [0.29, 0.717) is 5.75 Å². The fourth-order valence-electron chi connectivity index (χ4n) is 3.46. The molecule has 1 N–H and O–H groups in total. The number of hydrogen-bond acceptors (Lipinski definition) is 3. The summed E-state index contributed by atoms with van der Waals surface area (Å²) in [6.45, 7) is 8.43. The Morgan fingerprint density at radius 3 is 2.41 bits per heavy atom. The van der Waals surface area contributed by atoms with Gasteiger partial charge in [-0.3, -0.25) is 4.79 Å². The standard InChI is InChI=1S/C24H27N3OS/c1-17-9-8-10-18(2)24(17)27-19(3)13-22(20(27)4)14-25-26-23(28)16-29-15-21-11-6-5-7-12-21/h5-14H,15-16H2,1-4H3,(H,26,28)/b25-14+. The lowest BCUT2D eigenvalue weighted by Crippen LogP contribution is -2.19. The molecule has 0 aliphatic heterocycles. The van der Waals surface area contributed by atoms with Crippen LogP contribution < -0.4 is 5.43 Å². The molecule has 0 radical (unpaired) electrons. The molecule has 0 spiro atoms. The Labute approximate surface area is 177 Å². The van der Waals surface area contributed by atoms with E-state index in [1.807, 2.05) is 18.2 Å². The van der Waals surface area contributed by atoms with Crippen LogP contribution in [-0.4, -0.2) is 22.4 Å². The Bertz CT molecular complexity index is 1000. The number of nitrogens with zero attached hydrogens (tertiary/aromatic N) is 2. The number of aromatic nitrogens is 1. The van der Waals surface area contributed by atoms with Gasteiger partial charge in [-0.25, -0.2) is 5.43 Å². The van der Waals surface area contributed by atoms with Crippen molar-refractivity contribution in [2.24, 2.45) is 5.10 Å². The fraction of sp³-hybridized carbons (Fsp3) is 0.250. The minimum atomic E-state index is -0.0919. The van der Waals surface area contributed by atoms with Crippen LogP contribution >= 0.6 is 11.8 Å². The van der Waals surface area contributed by atoms with Crippen molar-refractivity contribution in [1.29, 1.82) is 0 Å². The van der Waals surface area contributed by atoms with E-state index in [1.54, 1.807) is 18.0 Å². The van der Waals surface area contributed by atoms with Gasteiger partial charge in [0.05, 0.1) is 17.7 Å². The van der Waals surface area contributed by atoms with Gasteiger partial charge in [-0.1, -0.05) is 48.5 Å². The molecule has 0 saturated carbocycles. The number of nitrogens with one attached hydrogen (secondary N) is 1. The lowest BCUT2D eigenvalue weighted by Gasteiger charge is -2.15. The van der Waals surface area contributed by atoms with Gasteiger partial charge in [0, 0.05) is 22.7 Å². The largest absolute Gasteiger partial charge is 0.317 e. The maximum Gasteiger partial charge on any atom is 0.250 e. The predicted octanol–water partition coefficient (Wildman–Crippen LogP) is 5.09. The SMILES string of the molecule is Cc1cccc(C)c1-n1c(C)cc(/C=N/NC(=O)CSCc2ccccc2)c1C. The molecule has 0 bridgehead atoms. The van der Waals surface area contributed by atoms with Crippen LogP contribution in [0.2, 0.25) is 0 Å². The molecule has 4 nitrogen and oxygen atoms in total. The third-order valence-corrected chi connectivity index (χ3v) is 5.87. The number of rotatable bonds is 7. The van der Waals surface area contributed by atoms with E-state index in [-0.39, 0.29) is 5.91 Å². The second kappa shape index (κ2) is 9.61. The van der Waals surface area contributed by atoms with Crippen LogP contribution in [0.5, 0.6) is 0 Å². The van der Waals surface area contributed by atoms with Crippen molar-refractivity contribution in [2.45, 2.75) is 33.4 Å². The van der Waals surface area contributed by atoms with Crippen LogP contribution in [0.1, 0.15) is 33.6 Å².